The average Bonchev–Trinajstić information content (AvgIpc) is 2.48. The number of hydrogen-bond donors (Lipinski definition) is 0. The van der Waals surface area contributed by atoms with Gasteiger partial charge in [0.1, 0.15) is 18.2 Å². The summed E-state index contributed by atoms with van der Waals surface area (Å²) in [5, 5.41) is 0. The fourth-order valence-electron chi connectivity index (χ4n) is 3.29. The van der Waals surface area contributed by atoms with Crippen molar-refractivity contribution in [2.24, 2.45) is 0 Å². The van der Waals surface area contributed by atoms with E-state index in [9.17, 15) is 4.39 Å². The SMILES string of the molecule is Fc1cccc(OCCN2CCOC3CCCCC32)c1. The van der Waals surface area contributed by atoms with Gasteiger partial charge in [0.25, 0.3) is 0 Å². The number of ether oxygens (including phenoxy) is 2. The van der Waals surface area contributed by atoms with Crippen LogP contribution in [0, 0.1) is 5.82 Å². The maximum absolute atomic E-state index is 13.1. The van der Waals surface area contributed by atoms with E-state index in [1.165, 1.54) is 37.8 Å². The minimum Gasteiger partial charge on any atom is -0.492 e. The number of nitrogens with zero attached hydrogens (tertiary/aromatic N) is 1. The first kappa shape index (κ1) is 13.8. The normalized spacial score (nSPS) is 27.1. The van der Waals surface area contributed by atoms with Crippen molar-refractivity contribution in [1.29, 1.82) is 0 Å². The fourth-order valence-corrected chi connectivity index (χ4v) is 3.29. The molecule has 0 aromatic heterocycles. The highest BCUT2D eigenvalue weighted by Crippen LogP contribution is 2.28. The van der Waals surface area contributed by atoms with Crippen molar-refractivity contribution in [3.63, 3.8) is 0 Å². The van der Waals surface area contributed by atoms with Gasteiger partial charge in [0.15, 0.2) is 0 Å². The molecule has 0 N–H and O–H groups in total. The molecular weight excluding hydrogens is 257 g/mol. The number of rotatable bonds is 4. The molecule has 4 heteroatoms. The molecule has 1 aliphatic heterocycles. The van der Waals surface area contributed by atoms with E-state index in [1.54, 1.807) is 12.1 Å². The summed E-state index contributed by atoms with van der Waals surface area (Å²) in [5.41, 5.74) is 0. The molecule has 1 saturated carbocycles. The van der Waals surface area contributed by atoms with Gasteiger partial charge in [-0.1, -0.05) is 18.9 Å². The number of fused-ring (bicyclic) bond motifs is 1. The fraction of sp³-hybridized carbons (Fsp3) is 0.625. The van der Waals surface area contributed by atoms with Gasteiger partial charge in [-0.2, -0.15) is 0 Å². The summed E-state index contributed by atoms with van der Waals surface area (Å²) in [6.07, 6.45) is 5.41. The maximum Gasteiger partial charge on any atom is 0.126 e. The Morgan fingerprint density at radius 1 is 1.30 bits per heavy atom. The first-order chi connectivity index (χ1) is 9.83. The zero-order valence-corrected chi connectivity index (χ0v) is 11.8. The van der Waals surface area contributed by atoms with E-state index in [0.717, 1.165) is 19.7 Å². The first-order valence-electron chi connectivity index (χ1n) is 7.57. The van der Waals surface area contributed by atoms with Gasteiger partial charge < -0.3 is 9.47 Å². The topological polar surface area (TPSA) is 21.7 Å². The van der Waals surface area contributed by atoms with Crippen LogP contribution in [0.3, 0.4) is 0 Å². The van der Waals surface area contributed by atoms with Crippen molar-refractivity contribution in [3.8, 4) is 5.75 Å². The van der Waals surface area contributed by atoms with Crippen LogP contribution in [-0.4, -0.2) is 43.3 Å². The Kier molecular flexibility index (Phi) is 4.53. The Balaban J connectivity index is 1.50. The summed E-state index contributed by atoms with van der Waals surface area (Å²) in [6.45, 7) is 3.29. The van der Waals surface area contributed by atoms with Gasteiger partial charge in [-0.05, 0) is 25.0 Å². The predicted octanol–water partition coefficient (Wildman–Crippen LogP) is 2.85. The lowest BCUT2D eigenvalue weighted by Crippen LogP contribution is -2.53. The molecule has 0 spiro atoms. The zero-order valence-electron chi connectivity index (χ0n) is 11.8. The lowest BCUT2D eigenvalue weighted by Gasteiger charge is -2.43. The van der Waals surface area contributed by atoms with Crippen LogP contribution in [-0.2, 0) is 4.74 Å². The van der Waals surface area contributed by atoms with E-state index < -0.39 is 0 Å². The minimum atomic E-state index is -0.249. The van der Waals surface area contributed by atoms with Crippen molar-refractivity contribution >= 4 is 0 Å². The molecular formula is C16H22FNO2. The summed E-state index contributed by atoms with van der Waals surface area (Å²) in [4.78, 5) is 2.48. The Morgan fingerprint density at radius 3 is 3.10 bits per heavy atom. The van der Waals surface area contributed by atoms with Gasteiger partial charge in [0.2, 0.25) is 0 Å². The van der Waals surface area contributed by atoms with Crippen LogP contribution in [0.25, 0.3) is 0 Å². The van der Waals surface area contributed by atoms with Crippen LogP contribution in [0.15, 0.2) is 24.3 Å². The van der Waals surface area contributed by atoms with Gasteiger partial charge in [0.05, 0.1) is 12.7 Å². The summed E-state index contributed by atoms with van der Waals surface area (Å²) in [7, 11) is 0. The Labute approximate surface area is 119 Å². The Morgan fingerprint density at radius 2 is 2.20 bits per heavy atom. The second kappa shape index (κ2) is 6.55. The van der Waals surface area contributed by atoms with Crippen molar-refractivity contribution in [2.45, 2.75) is 37.8 Å². The molecule has 20 heavy (non-hydrogen) atoms. The van der Waals surface area contributed by atoms with E-state index in [2.05, 4.69) is 4.90 Å². The number of halogens is 1. The van der Waals surface area contributed by atoms with Crippen LogP contribution in [0.2, 0.25) is 0 Å². The van der Waals surface area contributed by atoms with Crippen LogP contribution >= 0.6 is 0 Å². The van der Waals surface area contributed by atoms with Gasteiger partial charge in [-0.3, -0.25) is 4.90 Å². The van der Waals surface area contributed by atoms with Crippen LogP contribution in [0.4, 0.5) is 4.39 Å². The van der Waals surface area contributed by atoms with E-state index >= 15 is 0 Å². The van der Waals surface area contributed by atoms with Gasteiger partial charge in [-0.25, -0.2) is 4.39 Å². The second-order valence-electron chi connectivity index (χ2n) is 5.60. The molecule has 1 aromatic carbocycles. The lowest BCUT2D eigenvalue weighted by molar-refractivity contribution is -0.0901. The summed E-state index contributed by atoms with van der Waals surface area (Å²) < 4.78 is 24.6. The second-order valence-corrected chi connectivity index (χ2v) is 5.60. The molecule has 1 heterocycles. The van der Waals surface area contributed by atoms with E-state index in [4.69, 9.17) is 9.47 Å². The molecule has 0 radical (unpaired) electrons. The average molecular weight is 279 g/mol. The molecule has 0 amide bonds. The summed E-state index contributed by atoms with van der Waals surface area (Å²) in [6, 6.07) is 6.89. The van der Waals surface area contributed by atoms with Crippen molar-refractivity contribution < 1.29 is 13.9 Å². The Hall–Kier alpha value is -1.13. The van der Waals surface area contributed by atoms with E-state index in [-0.39, 0.29) is 5.82 Å². The summed E-state index contributed by atoms with van der Waals surface area (Å²) >= 11 is 0. The van der Waals surface area contributed by atoms with Crippen LogP contribution in [0.5, 0.6) is 5.75 Å². The van der Waals surface area contributed by atoms with Crippen molar-refractivity contribution in [2.75, 3.05) is 26.3 Å². The standard InChI is InChI=1S/C16H22FNO2/c17-13-4-3-5-14(12-13)19-10-8-18-9-11-20-16-7-2-1-6-15(16)18/h3-5,12,15-16H,1-2,6-11H2. The van der Waals surface area contributed by atoms with E-state index in [1.807, 2.05) is 0 Å². The molecule has 2 atom stereocenters. The molecule has 0 bridgehead atoms. The molecule has 3 nitrogen and oxygen atoms in total. The third kappa shape index (κ3) is 3.30. The molecule has 1 aromatic rings. The lowest BCUT2D eigenvalue weighted by atomic mass is 9.90. The zero-order chi connectivity index (χ0) is 13.8. The van der Waals surface area contributed by atoms with Crippen LogP contribution in [0.1, 0.15) is 25.7 Å². The largest absolute Gasteiger partial charge is 0.492 e. The van der Waals surface area contributed by atoms with E-state index in [0.29, 0.717) is 24.5 Å². The highest BCUT2D eigenvalue weighted by molar-refractivity contribution is 5.22. The van der Waals surface area contributed by atoms with Gasteiger partial charge in [-0.15, -0.1) is 0 Å². The summed E-state index contributed by atoms with van der Waals surface area (Å²) in [5.74, 6) is 0.361. The number of benzene rings is 1. The Bertz CT molecular complexity index is 438. The minimum absolute atomic E-state index is 0.249. The smallest absolute Gasteiger partial charge is 0.126 e. The molecule has 2 unspecified atom stereocenters. The van der Waals surface area contributed by atoms with Crippen molar-refractivity contribution in [3.05, 3.63) is 30.1 Å². The third-order valence-electron chi connectivity index (χ3n) is 4.29. The molecule has 2 aliphatic rings. The van der Waals surface area contributed by atoms with Crippen molar-refractivity contribution in [1.82, 2.24) is 4.90 Å². The monoisotopic (exact) mass is 279 g/mol. The predicted molar refractivity (Wildman–Crippen MR) is 75.5 cm³/mol. The highest BCUT2D eigenvalue weighted by atomic mass is 19.1. The first-order valence-corrected chi connectivity index (χ1v) is 7.57. The van der Waals surface area contributed by atoms with Crippen LogP contribution < -0.4 is 4.74 Å². The number of hydrogen-bond acceptors (Lipinski definition) is 3. The molecule has 3 rings (SSSR count). The van der Waals surface area contributed by atoms with Gasteiger partial charge in [0, 0.05) is 25.2 Å². The number of morpholine rings is 1. The molecule has 110 valence electrons. The molecule has 2 fully saturated rings. The quantitative estimate of drug-likeness (QED) is 0.846. The third-order valence-corrected chi connectivity index (χ3v) is 4.29. The molecule has 1 saturated heterocycles. The maximum atomic E-state index is 13.1. The highest BCUT2D eigenvalue weighted by Gasteiger charge is 2.33. The van der Waals surface area contributed by atoms with Gasteiger partial charge >= 0.3 is 0 Å². The molecule has 1 aliphatic carbocycles.